The van der Waals surface area contributed by atoms with Crippen LogP contribution in [0.2, 0.25) is 0 Å². The van der Waals surface area contributed by atoms with Gasteiger partial charge < -0.3 is 4.74 Å². The summed E-state index contributed by atoms with van der Waals surface area (Å²) in [4.78, 5) is 11.7. The zero-order valence-electron chi connectivity index (χ0n) is 12.0. The van der Waals surface area contributed by atoms with Crippen molar-refractivity contribution in [2.45, 2.75) is 13.8 Å². The van der Waals surface area contributed by atoms with Gasteiger partial charge in [-0.15, -0.1) is 0 Å². The second kappa shape index (κ2) is 6.20. The van der Waals surface area contributed by atoms with Gasteiger partial charge in [0.15, 0.2) is 0 Å². The van der Waals surface area contributed by atoms with Crippen molar-refractivity contribution in [1.82, 2.24) is 0 Å². The Bertz CT molecular complexity index is 640. The fourth-order valence-corrected chi connectivity index (χ4v) is 2.14. The van der Waals surface area contributed by atoms with E-state index in [2.05, 4.69) is 18.2 Å². The molecule has 0 radical (unpaired) electrons. The Hall–Kier alpha value is -2.35. The predicted octanol–water partition coefficient (Wildman–Crippen LogP) is 3.91. The third kappa shape index (κ3) is 3.15. The highest BCUT2D eigenvalue weighted by Crippen LogP contribution is 2.27. The molecule has 0 amide bonds. The average Bonchev–Trinajstić information content (AvgIpc) is 2.48. The first kappa shape index (κ1) is 14.1. The van der Waals surface area contributed by atoms with Gasteiger partial charge >= 0.3 is 5.97 Å². The van der Waals surface area contributed by atoms with Crippen LogP contribution in [0.1, 0.15) is 22.3 Å². The summed E-state index contributed by atoms with van der Waals surface area (Å²) >= 11 is 0. The van der Waals surface area contributed by atoms with Gasteiger partial charge in [-0.1, -0.05) is 54.1 Å². The first-order chi connectivity index (χ1) is 9.61. The normalized spacial score (nSPS) is 11.2. The van der Waals surface area contributed by atoms with Gasteiger partial charge in [0.2, 0.25) is 0 Å². The van der Waals surface area contributed by atoms with Crippen molar-refractivity contribution in [2.24, 2.45) is 0 Å². The van der Waals surface area contributed by atoms with Gasteiger partial charge in [0.1, 0.15) is 0 Å². The molecule has 0 N–H and O–H groups in total. The van der Waals surface area contributed by atoms with Gasteiger partial charge in [0.25, 0.3) is 0 Å². The summed E-state index contributed by atoms with van der Waals surface area (Å²) in [5.41, 5.74) is 5.25. The Morgan fingerprint density at radius 3 is 2.40 bits per heavy atom. The van der Waals surface area contributed by atoms with Crippen LogP contribution in [0.4, 0.5) is 0 Å². The van der Waals surface area contributed by atoms with Gasteiger partial charge in [0.05, 0.1) is 7.11 Å². The van der Waals surface area contributed by atoms with E-state index < -0.39 is 0 Å². The van der Waals surface area contributed by atoms with Crippen LogP contribution in [-0.2, 0) is 9.53 Å². The number of carbonyl (C=O) groups is 1. The lowest BCUT2D eigenvalue weighted by molar-refractivity contribution is -0.134. The third-order valence-electron chi connectivity index (χ3n) is 3.23. The fraction of sp³-hybridized carbons (Fsp3) is 0.167. The Labute approximate surface area is 119 Å². The summed E-state index contributed by atoms with van der Waals surface area (Å²) < 4.78 is 4.78. The maximum absolute atomic E-state index is 11.7. The van der Waals surface area contributed by atoms with E-state index in [0.29, 0.717) is 0 Å². The molecule has 0 bridgehead atoms. The molecular weight excluding hydrogens is 248 g/mol. The maximum Gasteiger partial charge on any atom is 0.331 e. The molecule has 2 heteroatoms. The summed E-state index contributed by atoms with van der Waals surface area (Å²) in [6.45, 7) is 4.09. The Balaban J connectivity index is 2.61. The molecule has 0 heterocycles. The molecule has 0 aliphatic carbocycles. The minimum absolute atomic E-state index is 0.343. The number of rotatable bonds is 3. The predicted molar refractivity (Wildman–Crippen MR) is 81.5 cm³/mol. The smallest absolute Gasteiger partial charge is 0.331 e. The van der Waals surface area contributed by atoms with Crippen molar-refractivity contribution in [3.8, 4) is 0 Å². The van der Waals surface area contributed by atoms with Crippen molar-refractivity contribution in [1.29, 1.82) is 0 Å². The van der Waals surface area contributed by atoms with E-state index in [4.69, 9.17) is 4.74 Å². The van der Waals surface area contributed by atoms with Crippen molar-refractivity contribution < 1.29 is 9.53 Å². The van der Waals surface area contributed by atoms with Gasteiger partial charge in [-0.3, -0.25) is 0 Å². The number of hydrogen-bond donors (Lipinski definition) is 0. The molecule has 2 rings (SSSR count). The molecule has 20 heavy (non-hydrogen) atoms. The molecule has 2 nitrogen and oxygen atoms in total. The SMILES string of the molecule is COC(=O)/C=C(/c1ccccc1)c1cc(C)ccc1C. The fourth-order valence-electron chi connectivity index (χ4n) is 2.14. The lowest BCUT2D eigenvalue weighted by Gasteiger charge is -2.12. The maximum atomic E-state index is 11.7. The summed E-state index contributed by atoms with van der Waals surface area (Å²) in [6.07, 6.45) is 1.55. The second-order valence-electron chi connectivity index (χ2n) is 4.77. The first-order valence-electron chi connectivity index (χ1n) is 6.54. The van der Waals surface area contributed by atoms with Crippen molar-refractivity contribution in [3.05, 3.63) is 76.9 Å². The topological polar surface area (TPSA) is 26.3 Å². The van der Waals surface area contributed by atoms with E-state index in [-0.39, 0.29) is 5.97 Å². The second-order valence-corrected chi connectivity index (χ2v) is 4.77. The summed E-state index contributed by atoms with van der Waals surface area (Å²) in [6, 6.07) is 16.1. The number of carbonyl (C=O) groups excluding carboxylic acids is 1. The number of benzene rings is 2. The van der Waals surface area contributed by atoms with Crippen LogP contribution >= 0.6 is 0 Å². The number of esters is 1. The van der Waals surface area contributed by atoms with Crippen LogP contribution in [0.5, 0.6) is 0 Å². The molecule has 0 fully saturated rings. The lowest BCUT2D eigenvalue weighted by Crippen LogP contribution is -2.00. The average molecular weight is 266 g/mol. The van der Waals surface area contributed by atoms with Gasteiger partial charge in [-0.05, 0) is 36.1 Å². The number of hydrogen-bond acceptors (Lipinski definition) is 2. The molecular formula is C18H18O2. The summed E-state index contributed by atoms with van der Waals surface area (Å²) in [7, 11) is 1.39. The number of aryl methyl sites for hydroxylation is 2. The van der Waals surface area contributed by atoms with Gasteiger partial charge in [0, 0.05) is 6.08 Å². The van der Waals surface area contributed by atoms with E-state index in [1.807, 2.05) is 44.2 Å². The molecule has 0 unspecified atom stereocenters. The standard InChI is InChI=1S/C18H18O2/c1-13-9-10-14(2)16(11-13)17(12-18(19)20-3)15-7-5-4-6-8-15/h4-12H,1-3H3/b17-12-. The van der Waals surface area contributed by atoms with Crippen LogP contribution < -0.4 is 0 Å². The minimum atomic E-state index is -0.343. The third-order valence-corrected chi connectivity index (χ3v) is 3.23. The Morgan fingerprint density at radius 2 is 1.75 bits per heavy atom. The van der Waals surface area contributed by atoms with Crippen LogP contribution in [0, 0.1) is 13.8 Å². The van der Waals surface area contributed by atoms with Crippen molar-refractivity contribution in [2.75, 3.05) is 7.11 Å². The highest BCUT2D eigenvalue weighted by atomic mass is 16.5. The molecule has 0 aliphatic heterocycles. The van der Waals surface area contributed by atoms with Crippen LogP contribution in [0.3, 0.4) is 0 Å². The quantitative estimate of drug-likeness (QED) is 0.622. The highest BCUT2D eigenvalue weighted by molar-refractivity contribution is 5.96. The summed E-state index contributed by atoms with van der Waals surface area (Å²) in [5, 5.41) is 0. The molecule has 0 aliphatic rings. The zero-order valence-corrected chi connectivity index (χ0v) is 12.0. The van der Waals surface area contributed by atoms with Crippen molar-refractivity contribution in [3.63, 3.8) is 0 Å². The van der Waals surface area contributed by atoms with Crippen LogP contribution in [-0.4, -0.2) is 13.1 Å². The Morgan fingerprint density at radius 1 is 1.05 bits per heavy atom. The molecule has 2 aromatic rings. The minimum Gasteiger partial charge on any atom is -0.466 e. The van der Waals surface area contributed by atoms with Gasteiger partial charge in [-0.2, -0.15) is 0 Å². The molecule has 0 saturated carbocycles. The van der Waals surface area contributed by atoms with E-state index in [1.54, 1.807) is 6.08 Å². The van der Waals surface area contributed by atoms with Gasteiger partial charge in [-0.25, -0.2) is 4.79 Å². The molecule has 0 spiro atoms. The molecule has 0 aromatic heterocycles. The van der Waals surface area contributed by atoms with Crippen molar-refractivity contribution >= 4 is 11.5 Å². The summed E-state index contributed by atoms with van der Waals surface area (Å²) in [5.74, 6) is -0.343. The lowest BCUT2D eigenvalue weighted by atomic mass is 9.93. The van der Waals surface area contributed by atoms with Crippen LogP contribution in [0.15, 0.2) is 54.6 Å². The molecule has 0 atom stereocenters. The number of ether oxygens (including phenoxy) is 1. The van der Waals surface area contributed by atoms with E-state index in [9.17, 15) is 4.79 Å². The first-order valence-corrected chi connectivity index (χ1v) is 6.54. The molecule has 0 saturated heterocycles. The molecule has 102 valence electrons. The van der Waals surface area contributed by atoms with Crippen LogP contribution in [0.25, 0.3) is 5.57 Å². The number of methoxy groups -OCH3 is 1. The monoisotopic (exact) mass is 266 g/mol. The highest BCUT2D eigenvalue weighted by Gasteiger charge is 2.10. The van der Waals surface area contributed by atoms with E-state index in [0.717, 1.165) is 27.8 Å². The Kier molecular flexibility index (Phi) is 4.36. The zero-order chi connectivity index (χ0) is 14.5. The largest absolute Gasteiger partial charge is 0.466 e. The molecule has 2 aromatic carbocycles. The van der Waals surface area contributed by atoms with E-state index >= 15 is 0 Å². The van der Waals surface area contributed by atoms with E-state index in [1.165, 1.54) is 7.11 Å².